The number of nitrogens with zero attached hydrogens (tertiary/aromatic N) is 8. The molecule has 0 fully saturated rings. The van der Waals surface area contributed by atoms with Crippen LogP contribution in [-0.2, 0) is 10.8 Å². The number of furan rings is 1. The van der Waals surface area contributed by atoms with Crippen molar-refractivity contribution in [2.24, 2.45) is 0 Å². The van der Waals surface area contributed by atoms with Crippen molar-refractivity contribution in [1.29, 1.82) is 0 Å². The number of aromatic nitrogens is 7. The van der Waals surface area contributed by atoms with Crippen LogP contribution in [0.5, 0.6) is 0 Å². The Labute approximate surface area is 726 Å². The molecule has 7 heterocycles. The molecule has 22 aromatic rings. The Morgan fingerprint density at radius 2 is 0.669 bits per heavy atom. The summed E-state index contributed by atoms with van der Waals surface area (Å²) < 4.78 is 11.4. The number of para-hydroxylation sites is 3. The van der Waals surface area contributed by atoms with Crippen molar-refractivity contribution in [3.8, 4) is 124 Å². The lowest BCUT2D eigenvalue weighted by Gasteiger charge is -2.42. The minimum atomic E-state index is -0.0794. The van der Waals surface area contributed by atoms with E-state index < -0.39 is 0 Å². The summed E-state index contributed by atoms with van der Waals surface area (Å²) in [5.41, 5.74) is 29.0. The standard InChI is InChI=1S/C39H23N3OS.C37H29N3.C37H26N2S/c1-3-10-24(11-4-1)37-40-38(25-12-5-2-6-13-25)42-39(41-37)28-15-9-14-26(22-28)27-18-20-33-30(23-27)36-34(44-33)21-19-32-35(36)29-16-7-8-17-31(29)43-32;1-37(2)31-18-6-8-20-34(31)40(35-21-9-7-19-32(35)37)30-17-11-15-28(25-30)27-14-10-16-29(24-27)36-38-23-22-33(39-36)26-12-4-3-5-13-26;1-37(2)28-16-10-9-15-26(28)34-29(37)18-20-33-35(34)27-21-25(17-19-32(27)40-33)31-22-30(23-11-5-3-6-12-23)38-36(39-31)24-13-7-4-8-14-24/h1-23H;3-25H,1-2H3;3-22H,1-2H3. The fourth-order valence-electron chi connectivity index (χ4n) is 18.2. The first-order chi connectivity index (χ1) is 60.9. The first-order valence-electron chi connectivity index (χ1n) is 41.9. The Kier molecular flexibility index (Phi) is 18.8. The molecule has 0 atom stereocenters. The molecular weight excluding hydrogens is 1550 g/mol. The minimum Gasteiger partial charge on any atom is -0.456 e. The van der Waals surface area contributed by atoms with E-state index in [-0.39, 0.29) is 10.8 Å². The van der Waals surface area contributed by atoms with Gasteiger partial charge in [-0.2, -0.15) is 0 Å². The van der Waals surface area contributed by atoms with Gasteiger partial charge in [0.1, 0.15) is 11.2 Å². The van der Waals surface area contributed by atoms with E-state index in [9.17, 15) is 0 Å². The minimum absolute atomic E-state index is 0.0200. The van der Waals surface area contributed by atoms with Crippen LogP contribution in [0.4, 0.5) is 17.1 Å². The molecule has 0 saturated heterocycles. The highest BCUT2D eigenvalue weighted by Gasteiger charge is 2.39. The van der Waals surface area contributed by atoms with E-state index in [0.717, 1.165) is 118 Å². The molecular formula is C113H78N8OS2. The molecule has 588 valence electrons. The molecule has 16 aromatic carbocycles. The van der Waals surface area contributed by atoms with E-state index >= 15 is 0 Å². The topological polar surface area (TPSA) is 107 Å². The number of anilines is 3. The Balaban J connectivity index is 0.000000111. The van der Waals surface area contributed by atoms with Crippen molar-refractivity contribution >= 4 is 102 Å². The first kappa shape index (κ1) is 75.0. The van der Waals surface area contributed by atoms with Crippen molar-refractivity contribution in [1.82, 2.24) is 34.9 Å². The highest BCUT2D eigenvalue weighted by Crippen LogP contribution is 2.56. The van der Waals surface area contributed by atoms with Crippen molar-refractivity contribution < 1.29 is 4.42 Å². The molecule has 11 heteroatoms. The van der Waals surface area contributed by atoms with Gasteiger partial charge in [0, 0.05) is 118 Å². The molecule has 0 saturated carbocycles. The van der Waals surface area contributed by atoms with Crippen LogP contribution in [0, 0.1) is 0 Å². The highest BCUT2D eigenvalue weighted by molar-refractivity contribution is 7.26. The van der Waals surface area contributed by atoms with Crippen LogP contribution in [0.1, 0.15) is 49.9 Å². The number of rotatable bonds is 11. The molecule has 0 N–H and O–H groups in total. The van der Waals surface area contributed by atoms with Gasteiger partial charge in [0.25, 0.3) is 0 Å². The van der Waals surface area contributed by atoms with Crippen LogP contribution < -0.4 is 4.90 Å². The van der Waals surface area contributed by atoms with Gasteiger partial charge in [0.05, 0.1) is 28.5 Å². The van der Waals surface area contributed by atoms with Crippen LogP contribution >= 0.6 is 22.7 Å². The lowest BCUT2D eigenvalue weighted by atomic mass is 9.73. The Morgan fingerprint density at radius 1 is 0.250 bits per heavy atom. The lowest BCUT2D eigenvalue weighted by Crippen LogP contribution is -2.30. The zero-order valence-electron chi connectivity index (χ0n) is 68.4. The number of benzene rings is 16. The maximum absolute atomic E-state index is 6.23. The third-order valence-corrected chi connectivity index (χ3v) is 26.6. The smallest absolute Gasteiger partial charge is 0.164 e. The summed E-state index contributed by atoms with van der Waals surface area (Å²) in [7, 11) is 0. The van der Waals surface area contributed by atoms with Crippen LogP contribution in [-0.4, -0.2) is 34.9 Å². The van der Waals surface area contributed by atoms with E-state index in [1.165, 1.54) is 90.5 Å². The number of hydrogen-bond donors (Lipinski definition) is 0. The van der Waals surface area contributed by atoms with E-state index in [4.69, 9.17) is 34.3 Å². The maximum Gasteiger partial charge on any atom is 0.164 e. The van der Waals surface area contributed by atoms with Gasteiger partial charge < -0.3 is 9.32 Å². The summed E-state index contributed by atoms with van der Waals surface area (Å²) in [6, 6.07) is 138. The Hall–Kier alpha value is -15.3. The predicted octanol–water partition coefficient (Wildman–Crippen LogP) is 30.5. The van der Waals surface area contributed by atoms with E-state index in [1.54, 1.807) is 0 Å². The van der Waals surface area contributed by atoms with Crippen LogP contribution in [0.2, 0.25) is 0 Å². The van der Waals surface area contributed by atoms with Crippen molar-refractivity contribution in [2.75, 3.05) is 4.90 Å². The maximum atomic E-state index is 6.23. The van der Waals surface area contributed by atoms with Gasteiger partial charge in [-0.15, -0.1) is 22.7 Å². The summed E-state index contributed by atoms with van der Waals surface area (Å²) in [6.45, 7) is 9.33. The van der Waals surface area contributed by atoms with Gasteiger partial charge >= 0.3 is 0 Å². The molecule has 0 radical (unpaired) electrons. The summed E-state index contributed by atoms with van der Waals surface area (Å²) >= 11 is 3.70. The number of thiophene rings is 2. The summed E-state index contributed by atoms with van der Waals surface area (Å²) in [5, 5.41) is 7.48. The molecule has 124 heavy (non-hydrogen) atoms. The van der Waals surface area contributed by atoms with Crippen LogP contribution in [0.15, 0.2) is 405 Å². The zero-order valence-corrected chi connectivity index (χ0v) is 70.0. The monoisotopic (exact) mass is 1630 g/mol. The molecule has 0 bridgehead atoms. The normalized spacial score (nSPS) is 12.8. The molecule has 0 unspecified atom stereocenters. The second kappa shape index (κ2) is 31.1. The van der Waals surface area contributed by atoms with Crippen molar-refractivity contribution in [3.63, 3.8) is 0 Å². The largest absolute Gasteiger partial charge is 0.456 e. The second-order valence-electron chi connectivity index (χ2n) is 32.6. The molecule has 6 aromatic heterocycles. The first-order valence-corrected chi connectivity index (χ1v) is 43.5. The quantitative estimate of drug-likeness (QED) is 0.125. The van der Waals surface area contributed by atoms with Gasteiger partial charge in [-0.05, 0) is 153 Å². The number of fused-ring (bicyclic) bond motifs is 16. The molecule has 24 rings (SSSR count). The number of hydrogen-bond acceptors (Lipinski definition) is 11. The van der Waals surface area contributed by atoms with Gasteiger partial charge in [0.15, 0.2) is 29.1 Å². The Bertz CT molecular complexity index is 7710. The second-order valence-corrected chi connectivity index (χ2v) is 34.8. The van der Waals surface area contributed by atoms with Gasteiger partial charge in [0.2, 0.25) is 0 Å². The molecule has 1 aliphatic carbocycles. The van der Waals surface area contributed by atoms with Gasteiger partial charge in [-0.3, -0.25) is 0 Å². The summed E-state index contributed by atoms with van der Waals surface area (Å²) in [6.07, 6.45) is 1.84. The van der Waals surface area contributed by atoms with Crippen LogP contribution in [0.3, 0.4) is 0 Å². The Morgan fingerprint density at radius 3 is 1.29 bits per heavy atom. The summed E-state index contributed by atoms with van der Waals surface area (Å²) in [5.74, 6) is 3.42. The fraction of sp³-hybridized carbons (Fsp3) is 0.0531. The molecule has 0 amide bonds. The summed E-state index contributed by atoms with van der Waals surface area (Å²) in [4.78, 5) is 36.7. The zero-order chi connectivity index (χ0) is 83.0. The average molecular weight is 1630 g/mol. The molecule has 2 aliphatic rings. The molecule has 1 aliphatic heterocycles. The third-order valence-electron chi connectivity index (χ3n) is 24.4. The van der Waals surface area contributed by atoms with Crippen molar-refractivity contribution in [2.45, 2.75) is 38.5 Å². The van der Waals surface area contributed by atoms with Crippen molar-refractivity contribution in [3.05, 3.63) is 423 Å². The van der Waals surface area contributed by atoms with E-state index in [0.29, 0.717) is 17.5 Å². The average Bonchev–Trinajstić information content (AvgIpc) is 1.48. The van der Waals surface area contributed by atoms with Gasteiger partial charge in [-0.25, -0.2) is 34.9 Å². The fourth-order valence-corrected chi connectivity index (χ4v) is 20.4. The van der Waals surface area contributed by atoms with E-state index in [2.05, 4.69) is 311 Å². The molecule has 9 nitrogen and oxygen atoms in total. The third kappa shape index (κ3) is 13.6. The van der Waals surface area contributed by atoms with E-state index in [1.807, 2.05) is 150 Å². The lowest BCUT2D eigenvalue weighted by molar-refractivity contribution is 0.632. The van der Waals surface area contributed by atoms with Crippen LogP contribution in [0.25, 0.3) is 186 Å². The molecule has 0 spiro atoms. The predicted molar refractivity (Wildman–Crippen MR) is 516 cm³/mol. The van der Waals surface area contributed by atoms with Gasteiger partial charge in [-0.1, -0.05) is 325 Å². The SMILES string of the molecule is CC1(C)c2ccccc2-c2c1ccc1sc3ccc(-c4cc(-c5ccccc5)nc(-c5ccccc5)n4)cc3c21.CC1(C)c2ccccc2N(c2cccc(-c3cccc(-c4nccc(-c5ccccc5)n4)c3)c2)c2ccccc21.c1ccc(-c2nc(-c3ccccc3)nc(-c3cccc(-c4ccc5sc6ccc7oc8ccccc8c7c6c5c4)c3)n2)cc1. The highest BCUT2D eigenvalue weighted by atomic mass is 32.1.